The molecule has 0 aliphatic rings. The van der Waals surface area contributed by atoms with Crippen molar-refractivity contribution < 1.29 is 103 Å². The third-order valence-corrected chi connectivity index (χ3v) is 0.517. The Morgan fingerprint density at radius 2 is 0.864 bits per heavy atom. The molecule has 0 fully saturated rings. The smallest absolute Gasteiger partial charge is 0.418 e. The number of hydrogen-bond acceptors (Lipinski definition) is 1. The summed E-state index contributed by atoms with van der Waals surface area (Å²) in [5, 5.41) is 0. The van der Waals surface area contributed by atoms with E-state index in [0.29, 0.717) is 0 Å². The van der Waals surface area contributed by atoms with Crippen molar-refractivity contribution in [2.24, 2.45) is 0 Å². The molecule has 0 amide bonds. The normalized spacial score (nSPS) is 10.4. The quantitative estimate of drug-likeness (QED) is 0.382. The van der Waals surface area contributed by atoms with E-state index in [1.807, 2.05) is 12.1 Å². The maximum absolute atomic E-state index is 9.75. The fraction of sp³-hybridized carbons (Fsp3) is 0. The molecule has 0 atom stereocenters. The van der Waals surface area contributed by atoms with Crippen molar-refractivity contribution in [3.8, 4) is 0 Å². The predicted molar refractivity (Wildman–Crippen MR) is 53.6 cm³/mol. The van der Waals surface area contributed by atoms with Crippen molar-refractivity contribution in [3.63, 3.8) is 0 Å². The van der Waals surface area contributed by atoms with Gasteiger partial charge in [0.05, 0.1) is 0 Å². The van der Waals surface area contributed by atoms with Crippen LogP contribution in [-0.2, 0) is 0 Å². The number of aromatic nitrogens is 1. The van der Waals surface area contributed by atoms with Gasteiger partial charge in [-0.1, -0.05) is 12.4 Å². The summed E-state index contributed by atoms with van der Waals surface area (Å²) in [5.41, 5.74) is 0. The van der Waals surface area contributed by atoms with E-state index >= 15 is 0 Å². The van der Waals surface area contributed by atoms with Crippen molar-refractivity contribution in [2.45, 2.75) is 0 Å². The molecule has 0 aliphatic carbocycles. The van der Waals surface area contributed by atoms with Gasteiger partial charge in [-0.2, -0.15) is 18.2 Å². The zero-order valence-electron chi connectivity index (χ0n) is 10.5. The molecule has 1 rings (SSSR count). The van der Waals surface area contributed by atoms with Crippen LogP contribution < -0.4 is 51.4 Å². The zero-order chi connectivity index (χ0) is 17.7. The first-order valence-electron chi connectivity index (χ1n) is 4.39. The Labute approximate surface area is 159 Å². The molecule has 0 spiro atoms. The average molecular weight is 378 g/mol. The van der Waals surface area contributed by atoms with E-state index in [4.69, 9.17) is 0 Å². The van der Waals surface area contributed by atoms with Crippen LogP contribution in [0.15, 0.2) is 24.4 Å². The molecule has 0 N–H and O–H groups in total. The summed E-state index contributed by atoms with van der Waals surface area (Å²) in [6, 6.07) is 5.50. The van der Waals surface area contributed by atoms with E-state index in [0.717, 1.165) is 0 Å². The Kier molecular flexibility index (Phi) is 20.1. The summed E-state index contributed by atoms with van der Waals surface area (Å²) in [7, 11) is -18.0. The number of pyridine rings is 1. The fourth-order valence-electron chi connectivity index (χ4n) is 0.277. The Balaban J connectivity index is -0.0000000973. The molecule has 22 heavy (non-hydrogen) atoms. The summed E-state index contributed by atoms with van der Waals surface area (Å²) in [6.45, 7) is 0. The standard InChI is InChI=1S/C5H4N.3BF4.K/c1-2-4-6-5-3-1;3*2-1(3,4)5;/h1-4H;;;;/q4*-1;+1. The Hall–Kier alpha value is 0.141. The summed E-state index contributed by atoms with van der Waals surface area (Å²) in [4.78, 5) is 3.66. The largest absolute Gasteiger partial charge is 1.00 e. The van der Waals surface area contributed by atoms with Gasteiger partial charge in [0, 0.05) is 0 Å². The first-order chi connectivity index (χ1) is 9.00. The molecule has 126 valence electrons. The van der Waals surface area contributed by atoms with Crippen LogP contribution in [0.5, 0.6) is 0 Å². The van der Waals surface area contributed by atoms with Gasteiger partial charge in [-0.25, -0.2) is 0 Å². The van der Waals surface area contributed by atoms with Gasteiger partial charge >= 0.3 is 73.1 Å². The second-order valence-electron chi connectivity index (χ2n) is 2.44. The third-order valence-electron chi connectivity index (χ3n) is 0.517. The molecular formula is C5H4B3F12KN-3. The maximum Gasteiger partial charge on any atom is 1.00 e. The van der Waals surface area contributed by atoms with Gasteiger partial charge in [0.15, 0.2) is 0 Å². The van der Waals surface area contributed by atoms with Crippen LogP contribution >= 0.6 is 0 Å². The van der Waals surface area contributed by atoms with Crippen molar-refractivity contribution in [1.29, 1.82) is 0 Å². The van der Waals surface area contributed by atoms with Crippen molar-refractivity contribution in [1.82, 2.24) is 4.98 Å². The molecule has 0 bridgehead atoms. The van der Waals surface area contributed by atoms with Crippen molar-refractivity contribution in [2.75, 3.05) is 0 Å². The monoisotopic (exact) mass is 378 g/mol. The summed E-state index contributed by atoms with van der Waals surface area (Å²) in [5.74, 6) is 0. The number of hydrogen-bond donors (Lipinski definition) is 0. The van der Waals surface area contributed by atoms with Crippen LogP contribution in [0.4, 0.5) is 51.8 Å². The van der Waals surface area contributed by atoms with Gasteiger partial charge in [0.2, 0.25) is 0 Å². The van der Waals surface area contributed by atoms with Crippen molar-refractivity contribution >= 4 is 21.8 Å². The average Bonchev–Trinajstić information content (AvgIpc) is 2.12. The first kappa shape index (κ1) is 30.1. The van der Waals surface area contributed by atoms with Crippen LogP contribution in [0.25, 0.3) is 0 Å². The Bertz CT molecular complexity index is 253. The molecule has 0 saturated carbocycles. The molecule has 1 aromatic rings. The zero-order valence-corrected chi connectivity index (χ0v) is 13.6. The fourth-order valence-corrected chi connectivity index (χ4v) is 0.277. The van der Waals surface area contributed by atoms with E-state index in [9.17, 15) is 51.8 Å². The van der Waals surface area contributed by atoms with Crippen LogP contribution in [0, 0.1) is 6.20 Å². The molecule has 0 aromatic carbocycles. The molecule has 0 saturated heterocycles. The van der Waals surface area contributed by atoms with Gasteiger partial charge < -0.3 is 56.8 Å². The van der Waals surface area contributed by atoms with E-state index in [-0.39, 0.29) is 51.4 Å². The molecule has 0 aliphatic heterocycles. The minimum absolute atomic E-state index is 0. The minimum Gasteiger partial charge on any atom is -0.418 e. The van der Waals surface area contributed by atoms with Gasteiger partial charge in [0.1, 0.15) is 0 Å². The molecule has 1 aromatic heterocycles. The minimum atomic E-state index is -6.00. The van der Waals surface area contributed by atoms with E-state index in [1.54, 1.807) is 12.3 Å². The summed E-state index contributed by atoms with van der Waals surface area (Å²) < 4.78 is 117. The number of halogens is 12. The van der Waals surface area contributed by atoms with Gasteiger partial charge in [-0.15, -0.1) is 0 Å². The Morgan fingerprint density at radius 1 is 0.591 bits per heavy atom. The molecule has 17 heteroatoms. The maximum atomic E-state index is 9.75. The van der Waals surface area contributed by atoms with E-state index in [1.165, 1.54) is 0 Å². The van der Waals surface area contributed by atoms with Gasteiger partial charge in [-0.3, -0.25) is 0 Å². The molecule has 0 unspecified atom stereocenters. The molecule has 0 radical (unpaired) electrons. The summed E-state index contributed by atoms with van der Waals surface area (Å²) >= 11 is 0. The number of rotatable bonds is 0. The molecule has 1 nitrogen and oxygen atoms in total. The van der Waals surface area contributed by atoms with E-state index < -0.39 is 21.8 Å². The Morgan fingerprint density at radius 3 is 0.909 bits per heavy atom. The second kappa shape index (κ2) is 14.7. The first-order valence-corrected chi connectivity index (χ1v) is 4.39. The topological polar surface area (TPSA) is 12.9 Å². The second-order valence-corrected chi connectivity index (χ2v) is 2.44. The molecule has 1 heterocycles. The molecular weight excluding hydrogens is 374 g/mol. The van der Waals surface area contributed by atoms with Crippen LogP contribution in [0.3, 0.4) is 0 Å². The third kappa shape index (κ3) is 196. The van der Waals surface area contributed by atoms with Crippen LogP contribution in [0.1, 0.15) is 0 Å². The number of nitrogens with zero attached hydrogens (tertiary/aromatic N) is 1. The predicted octanol–water partition coefficient (Wildman–Crippen LogP) is 1.79. The van der Waals surface area contributed by atoms with Gasteiger partial charge in [0.25, 0.3) is 0 Å². The van der Waals surface area contributed by atoms with Gasteiger partial charge in [-0.05, 0) is 0 Å². The SMILES string of the molecule is F[B-](F)(F)F.F[B-](F)(F)F.F[B-](F)(F)F.[K+].[c-]1ccccn1. The van der Waals surface area contributed by atoms with Crippen molar-refractivity contribution in [3.05, 3.63) is 30.6 Å². The van der Waals surface area contributed by atoms with Crippen LogP contribution in [0.2, 0.25) is 0 Å². The summed E-state index contributed by atoms with van der Waals surface area (Å²) in [6.07, 6.45) is 4.34. The van der Waals surface area contributed by atoms with Crippen LogP contribution in [-0.4, -0.2) is 26.7 Å². The van der Waals surface area contributed by atoms with E-state index in [2.05, 4.69) is 11.2 Å².